The summed E-state index contributed by atoms with van der Waals surface area (Å²) in [5, 5.41) is 6.48. The van der Waals surface area contributed by atoms with Crippen molar-refractivity contribution >= 4 is 21.8 Å². The quantitative estimate of drug-likeness (QED) is 0.638. The molecule has 11 nitrogen and oxygen atoms in total. The number of nitrogens with zero attached hydrogens (tertiary/aromatic N) is 4. The second-order valence-corrected chi connectivity index (χ2v) is 10.00. The van der Waals surface area contributed by atoms with Crippen molar-refractivity contribution in [3.05, 3.63) is 41.5 Å². The van der Waals surface area contributed by atoms with Gasteiger partial charge in [-0.2, -0.15) is 9.29 Å². The van der Waals surface area contributed by atoms with Crippen molar-refractivity contribution in [3.8, 4) is 0 Å². The van der Waals surface area contributed by atoms with Crippen LogP contribution in [0.3, 0.4) is 0 Å². The minimum absolute atomic E-state index is 0.101. The van der Waals surface area contributed by atoms with Gasteiger partial charge < -0.3 is 19.5 Å². The normalized spacial score (nSPS) is 18.3. The zero-order chi connectivity index (χ0) is 23.4. The number of aryl methyl sites for hydroxylation is 1. The largest absolute Gasteiger partial charge is 0.379 e. The van der Waals surface area contributed by atoms with Crippen molar-refractivity contribution in [3.63, 3.8) is 0 Å². The van der Waals surface area contributed by atoms with Gasteiger partial charge in [0.15, 0.2) is 5.82 Å². The second-order valence-electron chi connectivity index (χ2n) is 8.06. The third kappa shape index (κ3) is 5.40. The van der Waals surface area contributed by atoms with Gasteiger partial charge in [0.25, 0.3) is 5.91 Å². The molecule has 2 fully saturated rings. The molecule has 2 aromatic rings. The first-order valence-corrected chi connectivity index (χ1v) is 12.3. The molecule has 1 aromatic heterocycles. The lowest BCUT2D eigenvalue weighted by atomic mass is 9.95. The van der Waals surface area contributed by atoms with Crippen molar-refractivity contribution in [2.45, 2.75) is 31.2 Å². The Kier molecular flexibility index (Phi) is 7.05. The van der Waals surface area contributed by atoms with Crippen LogP contribution in [-0.2, 0) is 26.1 Å². The van der Waals surface area contributed by atoms with Crippen molar-refractivity contribution in [2.75, 3.05) is 39.4 Å². The van der Waals surface area contributed by atoms with Crippen molar-refractivity contribution in [1.29, 1.82) is 0 Å². The first-order valence-electron chi connectivity index (χ1n) is 10.9. The minimum atomic E-state index is -3.60. The molecule has 12 heteroatoms. The maximum Gasteiger partial charge on any atom is 0.253 e. The summed E-state index contributed by atoms with van der Waals surface area (Å²) >= 11 is 0. The van der Waals surface area contributed by atoms with Crippen LogP contribution in [0.15, 0.2) is 33.7 Å². The van der Waals surface area contributed by atoms with Crippen LogP contribution in [0.25, 0.3) is 0 Å². The van der Waals surface area contributed by atoms with Crippen LogP contribution in [0.1, 0.15) is 34.9 Å². The monoisotopic (exact) mass is 477 g/mol. The van der Waals surface area contributed by atoms with E-state index in [1.165, 1.54) is 16.4 Å². The lowest BCUT2D eigenvalue weighted by Crippen LogP contribution is -2.43. The lowest BCUT2D eigenvalue weighted by molar-refractivity contribution is -0.126. The van der Waals surface area contributed by atoms with Crippen LogP contribution < -0.4 is 5.32 Å². The molecule has 33 heavy (non-hydrogen) atoms. The minimum Gasteiger partial charge on any atom is -0.379 e. The number of piperidine rings is 1. The van der Waals surface area contributed by atoms with E-state index in [0.29, 0.717) is 69.5 Å². The fourth-order valence-corrected chi connectivity index (χ4v) is 5.36. The topological polar surface area (TPSA) is 135 Å². The van der Waals surface area contributed by atoms with E-state index in [1.54, 1.807) is 24.0 Å². The number of ether oxygens (including phenoxy) is 1. The first-order chi connectivity index (χ1) is 15.8. The van der Waals surface area contributed by atoms with Crippen molar-refractivity contribution < 1.29 is 27.3 Å². The molecule has 2 saturated heterocycles. The number of benzene rings is 1. The van der Waals surface area contributed by atoms with Crippen LogP contribution in [0.4, 0.5) is 0 Å². The van der Waals surface area contributed by atoms with Crippen LogP contribution in [0.2, 0.25) is 0 Å². The Balaban J connectivity index is 1.29. The van der Waals surface area contributed by atoms with Gasteiger partial charge in [0.05, 0.1) is 24.7 Å². The number of amides is 2. The van der Waals surface area contributed by atoms with E-state index in [1.807, 2.05) is 0 Å². The Morgan fingerprint density at radius 2 is 1.76 bits per heavy atom. The molecule has 0 radical (unpaired) electrons. The Labute approximate surface area is 192 Å². The highest BCUT2D eigenvalue weighted by Crippen LogP contribution is 2.22. The smallest absolute Gasteiger partial charge is 0.253 e. The summed E-state index contributed by atoms with van der Waals surface area (Å²) in [6.07, 6.45) is 1.09. The Hall–Kier alpha value is -2.83. The molecule has 0 spiro atoms. The van der Waals surface area contributed by atoms with Gasteiger partial charge in [-0.3, -0.25) is 9.59 Å². The highest BCUT2D eigenvalue weighted by Gasteiger charge is 2.29. The summed E-state index contributed by atoms with van der Waals surface area (Å²) in [6.45, 7) is 4.17. The summed E-state index contributed by atoms with van der Waals surface area (Å²) in [4.78, 5) is 31.2. The second kappa shape index (κ2) is 9.98. The standard InChI is InChI=1S/C21H27N5O6S/c1-15-23-19(32-24-15)14-22-20(27)16-6-8-25(9-7-16)21(28)17-2-4-18(5-3-17)33(29,30)26-10-12-31-13-11-26/h2-5,16H,6-14H2,1H3,(H,22,27). The van der Waals surface area contributed by atoms with Gasteiger partial charge in [0, 0.05) is 37.7 Å². The zero-order valence-corrected chi connectivity index (χ0v) is 19.2. The van der Waals surface area contributed by atoms with Gasteiger partial charge in [0.1, 0.15) is 0 Å². The number of morpholine rings is 1. The van der Waals surface area contributed by atoms with Crippen LogP contribution in [-0.4, -0.2) is 79.0 Å². The fourth-order valence-electron chi connectivity index (χ4n) is 3.95. The van der Waals surface area contributed by atoms with Crippen LogP contribution in [0.5, 0.6) is 0 Å². The molecule has 2 aliphatic heterocycles. The number of hydrogen-bond acceptors (Lipinski definition) is 8. The van der Waals surface area contributed by atoms with Gasteiger partial charge >= 0.3 is 0 Å². The van der Waals surface area contributed by atoms with E-state index in [0.717, 1.165) is 0 Å². The van der Waals surface area contributed by atoms with E-state index in [4.69, 9.17) is 9.26 Å². The molecule has 0 bridgehead atoms. The molecular weight excluding hydrogens is 450 g/mol. The van der Waals surface area contributed by atoms with Crippen LogP contribution >= 0.6 is 0 Å². The van der Waals surface area contributed by atoms with Crippen LogP contribution in [0, 0.1) is 12.8 Å². The molecule has 0 aliphatic carbocycles. The van der Waals surface area contributed by atoms with E-state index < -0.39 is 10.0 Å². The number of carbonyl (C=O) groups is 2. The number of aromatic nitrogens is 2. The molecule has 1 N–H and O–H groups in total. The highest BCUT2D eigenvalue weighted by atomic mass is 32.2. The summed E-state index contributed by atoms with van der Waals surface area (Å²) < 4.78 is 37.1. The van der Waals surface area contributed by atoms with E-state index in [-0.39, 0.29) is 29.2 Å². The molecular formula is C21H27N5O6S. The Morgan fingerprint density at radius 1 is 1.09 bits per heavy atom. The first kappa shape index (κ1) is 23.3. The lowest BCUT2D eigenvalue weighted by Gasteiger charge is -2.31. The van der Waals surface area contributed by atoms with Crippen molar-refractivity contribution in [2.24, 2.45) is 5.92 Å². The highest BCUT2D eigenvalue weighted by molar-refractivity contribution is 7.89. The molecule has 178 valence electrons. The average Bonchev–Trinajstić information content (AvgIpc) is 3.28. The maximum absolute atomic E-state index is 12.9. The number of nitrogens with one attached hydrogen (secondary N) is 1. The molecule has 1 aromatic carbocycles. The zero-order valence-electron chi connectivity index (χ0n) is 18.4. The fraction of sp³-hybridized carbons (Fsp3) is 0.524. The molecule has 0 unspecified atom stereocenters. The SMILES string of the molecule is Cc1noc(CNC(=O)C2CCN(C(=O)c3ccc(S(=O)(=O)N4CCOCC4)cc3)CC2)n1. The van der Waals surface area contributed by atoms with Gasteiger partial charge in [-0.1, -0.05) is 5.16 Å². The summed E-state index contributed by atoms with van der Waals surface area (Å²) in [7, 11) is -3.60. The number of sulfonamides is 1. The third-order valence-electron chi connectivity index (χ3n) is 5.85. The number of hydrogen-bond donors (Lipinski definition) is 1. The van der Waals surface area contributed by atoms with E-state index in [9.17, 15) is 18.0 Å². The van der Waals surface area contributed by atoms with E-state index >= 15 is 0 Å². The van der Waals surface area contributed by atoms with Gasteiger partial charge in [0.2, 0.25) is 21.8 Å². The summed E-state index contributed by atoms with van der Waals surface area (Å²) in [5.74, 6) is 0.394. The number of rotatable bonds is 6. The summed E-state index contributed by atoms with van der Waals surface area (Å²) in [6, 6.07) is 6.02. The number of carbonyl (C=O) groups excluding carboxylic acids is 2. The Bertz CT molecular complexity index is 1090. The number of likely N-dealkylation sites (tertiary alicyclic amines) is 1. The van der Waals surface area contributed by atoms with Gasteiger partial charge in [-0.25, -0.2) is 8.42 Å². The van der Waals surface area contributed by atoms with Gasteiger partial charge in [-0.15, -0.1) is 0 Å². The van der Waals surface area contributed by atoms with E-state index in [2.05, 4.69) is 15.5 Å². The molecule has 2 amide bonds. The van der Waals surface area contributed by atoms with Gasteiger partial charge in [-0.05, 0) is 44.0 Å². The molecule has 4 rings (SSSR count). The molecule has 0 atom stereocenters. The molecule has 0 saturated carbocycles. The maximum atomic E-state index is 12.9. The Morgan fingerprint density at radius 3 is 2.36 bits per heavy atom. The molecule has 2 aliphatic rings. The van der Waals surface area contributed by atoms with Crippen molar-refractivity contribution in [1.82, 2.24) is 24.7 Å². The molecule has 3 heterocycles. The predicted octanol–water partition coefficient (Wildman–Crippen LogP) is 0.568. The third-order valence-corrected chi connectivity index (χ3v) is 7.76. The summed E-state index contributed by atoms with van der Waals surface area (Å²) in [5.41, 5.74) is 0.422. The predicted molar refractivity (Wildman–Crippen MR) is 116 cm³/mol. The average molecular weight is 478 g/mol.